The van der Waals surface area contributed by atoms with E-state index in [4.69, 9.17) is 9.47 Å². The fourth-order valence-corrected chi connectivity index (χ4v) is 2.40. The molecule has 0 saturated heterocycles. The molecule has 0 aliphatic heterocycles. The Morgan fingerprint density at radius 2 is 1.77 bits per heavy atom. The molecule has 26 heavy (non-hydrogen) atoms. The van der Waals surface area contributed by atoms with Gasteiger partial charge in [-0.3, -0.25) is 9.59 Å². The SMILES string of the molecule is Cc1ccc(C)c(OCCC(=O)OCC(=O)Nc2cccc(C)c2C)c1. The summed E-state index contributed by atoms with van der Waals surface area (Å²) >= 11 is 0. The van der Waals surface area contributed by atoms with Gasteiger partial charge in [0.1, 0.15) is 5.75 Å². The van der Waals surface area contributed by atoms with Crippen molar-refractivity contribution in [2.24, 2.45) is 0 Å². The fraction of sp³-hybridized carbons (Fsp3) is 0.333. The average molecular weight is 355 g/mol. The molecule has 0 aromatic heterocycles. The van der Waals surface area contributed by atoms with Gasteiger partial charge in [-0.15, -0.1) is 0 Å². The van der Waals surface area contributed by atoms with Crippen molar-refractivity contribution in [1.29, 1.82) is 0 Å². The molecule has 0 atom stereocenters. The number of hydrogen-bond acceptors (Lipinski definition) is 4. The van der Waals surface area contributed by atoms with Gasteiger partial charge < -0.3 is 14.8 Å². The standard InChI is InChI=1S/C21H25NO4/c1-14-8-9-16(3)19(12-14)25-11-10-21(24)26-13-20(23)22-18-7-5-6-15(2)17(18)4/h5-9,12H,10-11,13H2,1-4H3,(H,22,23). The zero-order valence-electron chi connectivity index (χ0n) is 15.7. The molecule has 0 saturated carbocycles. The van der Waals surface area contributed by atoms with Crippen molar-refractivity contribution in [2.75, 3.05) is 18.5 Å². The second-order valence-electron chi connectivity index (χ2n) is 6.32. The third-order valence-electron chi connectivity index (χ3n) is 4.15. The number of benzene rings is 2. The van der Waals surface area contributed by atoms with Gasteiger partial charge in [-0.25, -0.2) is 0 Å². The first-order chi connectivity index (χ1) is 12.4. The second kappa shape index (κ2) is 9.04. The molecule has 0 fully saturated rings. The Bertz CT molecular complexity index is 799. The van der Waals surface area contributed by atoms with E-state index in [9.17, 15) is 9.59 Å². The van der Waals surface area contributed by atoms with Crippen LogP contribution < -0.4 is 10.1 Å². The van der Waals surface area contributed by atoms with E-state index in [-0.39, 0.29) is 25.5 Å². The molecular formula is C21H25NO4. The molecule has 0 spiro atoms. The molecule has 0 bridgehead atoms. The summed E-state index contributed by atoms with van der Waals surface area (Å²) in [6, 6.07) is 11.6. The van der Waals surface area contributed by atoms with E-state index in [1.54, 1.807) is 0 Å². The number of rotatable bonds is 7. The normalized spacial score (nSPS) is 10.3. The Hall–Kier alpha value is -2.82. The summed E-state index contributed by atoms with van der Waals surface area (Å²) in [6.07, 6.45) is 0.0874. The minimum absolute atomic E-state index is 0.0874. The smallest absolute Gasteiger partial charge is 0.309 e. The van der Waals surface area contributed by atoms with Crippen molar-refractivity contribution in [2.45, 2.75) is 34.1 Å². The first-order valence-electron chi connectivity index (χ1n) is 8.58. The molecule has 0 unspecified atom stereocenters. The molecule has 5 nitrogen and oxygen atoms in total. The maximum absolute atomic E-state index is 11.9. The zero-order valence-corrected chi connectivity index (χ0v) is 15.7. The summed E-state index contributed by atoms with van der Waals surface area (Å²) in [6.45, 7) is 7.74. The molecule has 1 N–H and O–H groups in total. The number of aryl methyl sites for hydroxylation is 3. The van der Waals surface area contributed by atoms with Gasteiger partial charge in [0.2, 0.25) is 0 Å². The highest BCUT2D eigenvalue weighted by Gasteiger charge is 2.10. The van der Waals surface area contributed by atoms with Crippen LogP contribution in [0.2, 0.25) is 0 Å². The Labute approximate surface area is 154 Å². The summed E-state index contributed by atoms with van der Waals surface area (Å²) in [7, 11) is 0. The molecular weight excluding hydrogens is 330 g/mol. The van der Waals surface area contributed by atoms with Gasteiger partial charge in [-0.2, -0.15) is 0 Å². The molecule has 0 aliphatic rings. The van der Waals surface area contributed by atoms with Crippen molar-refractivity contribution in [3.63, 3.8) is 0 Å². The van der Waals surface area contributed by atoms with Gasteiger partial charge in [-0.1, -0.05) is 24.3 Å². The molecule has 0 radical (unpaired) electrons. The lowest BCUT2D eigenvalue weighted by atomic mass is 10.1. The molecule has 1 amide bonds. The van der Waals surface area contributed by atoms with Crippen LogP contribution in [0.15, 0.2) is 36.4 Å². The van der Waals surface area contributed by atoms with Crippen LogP contribution in [0.1, 0.15) is 28.7 Å². The Kier molecular flexibility index (Phi) is 6.78. The summed E-state index contributed by atoms with van der Waals surface area (Å²) in [5, 5.41) is 2.75. The average Bonchev–Trinajstić information content (AvgIpc) is 2.60. The van der Waals surface area contributed by atoms with Crippen LogP contribution in [-0.4, -0.2) is 25.1 Å². The number of carbonyl (C=O) groups excluding carboxylic acids is 2. The van der Waals surface area contributed by atoms with E-state index < -0.39 is 5.97 Å². The highest BCUT2D eigenvalue weighted by molar-refractivity contribution is 5.93. The van der Waals surface area contributed by atoms with Gasteiger partial charge >= 0.3 is 5.97 Å². The summed E-state index contributed by atoms with van der Waals surface area (Å²) in [5.41, 5.74) is 4.91. The van der Waals surface area contributed by atoms with Crippen LogP contribution >= 0.6 is 0 Å². The lowest BCUT2D eigenvalue weighted by Gasteiger charge is -2.11. The van der Waals surface area contributed by atoms with Gasteiger partial charge in [0, 0.05) is 5.69 Å². The molecule has 0 heterocycles. The quantitative estimate of drug-likeness (QED) is 0.766. The van der Waals surface area contributed by atoms with Crippen LogP contribution in [0.25, 0.3) is 0 Å². The highest BCUT2D eigenvalue weighted by atomic mass is 16.5. The van der Waals surface area contributed by atoms with Crippen LogP contribution in [0.3, 0.4) is 0 Å². The minimum atomic E-state index is -0.466. The van der Waals surface area contributed by atoms with Crippen molar-refractivity contribution in [3.8, 4) is 5.75 Å². The van der Waals surface area contributed by atoms with E-state index in [2.05, 4.69) is 5.32 Å². The number of anilines is 1. The third-order valence-corrected chi connectivity index (χ3v) is 4.15. The number of nitrogens with one attached hydrogen (secondary N) is 1. The van der Waals surface area contributed by atoms with Crippen LogP contribution in [-0.2, 0) is 14.3 Å². The van der Waals surface area contributed by atoms with E-state index >= 15 is 0 Å². The van der Waals surface area contributed by atoms with Gasteiger partial charge in [0.05, 0.1) is 13.0 Å². The van der Waals surface area contributed by atoms with Crippen molar-refractivity contribution in [3.05, 3.63) is 58.7 Å². The lowest BCUT2D eigenvalue weighted by Crippen LogP contribution is -2.22. The van der Waals surface area contributed by atoms with Gasteiger partial charge in [0.15, 0.2) is 6.61 Å². The number of esters is 1. The maximum atomic E-state index is 11.9. The number of ether oxygens (including phenoxy) is 2. The van der Waals surface area contributed by atoms with E-state index in [0.29, 0.717) is 0 Å². The van der Waals surface area contributed by atoms with Gasteiger partial charge in [0.25, 0.3) is 5.91 Å². The second-order valence-corrected chi connectivity index (χ2v) is 6.32. The molecule has 2 aromatic carbocycles. The number of amides is 1. The van der Waals surface area contributed by atoms with E-state index in [1.165, 1.54) is 0 Å². The largest absolute Gasteiger partial charge is 0.493 e. The molecule has 2 rings (SSSR count). The Morgan fingerprint density at radius 1 is 1.00 bits per heavy atom. The molecule has 5 heteroatoms. The van der Waals surface area contributed by atoms with Gasteiger partial charge in [-0.05, 0) is 62.1 Å². The van der Waals surface area contributed by atoms with Crippen LogP contribution in [0.4, 0.5) is 5.69 Å². The molecule has 2 aromatic rings. The van der Waals surface area contributed by atoms with Crippen molar-refractivity contribution >= 4 is 17.6 Å². The maximum Gasteiger partial charge on any atom is 0.309 e. The van der Waals surface area contributed by atoms with E-state index in [1.807, 2.05) is 64.1 Å². The highest BCUT2D eigenvalue weighted by Crippen LogP contribution is 2.19. The van der Waals surface area contributed by atoms with Crippen molar-refractivity contribution in [1.82, 2.24) is 0 Å². The minimum Gasteiger partial charge on any atom is -0.493 e. The predicted molar refractivity (Wildman–Crippen MR) is 102 cm³/mol. The predicted octanol–water partition coefficient (Wildman–Crippen LogP) is 3.87. The van der Waals surface area contributed by atoms with Crippen LogP contribution in [0.5, 0.6) is 5.75 Å². The molecule has 138 valence electrons. The molecule has 0 aliphatic carbocycles. The summed E-state index contributed by atoms with van der Waals surface area (Å²) in [4.78, 5) is 23.7. The number of hydrogen-bond donors (Lipinski definition) is 1. The summed E-state index contributed by atoms with van der Waals surface area (Å²) < 4.78 is 10.6. The topological polar surface area (TPSA) is 64.6 Å². The monoisotopic (exact) mass is 355 g/mol. The van der Waals surface area contributed by atoms with Crippen molar-refractivity contribution < 1.29 is 19.1 Å². The number of carbonyl (C=O) groups is 2. The lowest BCUT2D eigenvalue weighted by molar-refractivity contribution is -0.147. The van der Waals surface area contributed by atoms with Crippen LogP contribution in [0, 0.1) is 27.7 Å². The zero-order chi connectivity index (χ0) is 19.1. The Balaban J connectivity index is 1.73. The van der Waals surface area contributed by atoms with E-state index in [0.717, 1.165) is 33.7 Å². The first kappa shape index (κ1) is 19.5. The fourth-order valence-electron chi connectivity index (χ4n) is 2.40. The first-order valence-corrected chi connectivity index (χ1v) is 8.58. The third kappa shape index (κ3) is 5.62. The summed E-state index contributed by atoms with van der Waals surface area (Å²) in [5.74, 6) is -0.0700. The Morgan fingerprint density at radius 3 is 2.54 bits per heavy atom.